The van der Waals surface area contributed by atoms with Crippen molar-refractivity contribution in [3.05, 3.63) is 41.0 Å². The summed E-state index contributed by atoms with van der Waals surface area (Å²) in [6.45, 7) is 5.62. The Morgan fingerprint density at radius 3 is 2.93 bits per heavy atom. The first-order valence-corrected chi connectivity index (χ1v) is 10.7. The molecule has 1 N–H and O–H groups in total. The number of aromatic nitrogens is 2. The van der Waals surface area contributed by atoms with Gasteiger partial charge in [0.05, 0.1) is 18.6 Å². The first kappa shape index (κ1) is 20.4. The molecule has 2 aliphatic heterocycles. The standard InChI is InChI=1S/C22H28N4O4/c1-3-19-24-20(30-25-19)8-9-21(27)26-12-17(13-26)22(28)23-14(2)15-6-7-18-16(11-15)5-4-10-29-18/h6-7,11,14,17H,3-5,8-10,12-13H2,1-2H3,(H,23,28). The molecule has 0 spiro atoms. The highest BCUT2D eigenvalue weighted by molar-refractivity contribution is 5.84. The summed E-state index contributed by atoms with van der Waals surface area (Å²) >= 11 is 0. The van der Waals surface area contributed by atoms with Crippen molar-refractivity contribution in [2.75, 3.05) is 19.7 Å². The number of rotatable bonds is 7. The lowest BCUT2D eigenvalue weighted by Gasteiger charge is -2.38. The zero-order valence-corrected chi connectivity index (χ0v) is 17.5. The summed E-state index contributed by atoms with van der Waals surface area (Å²) in [4.78, 5) is 30.8. The zero-order chi connectivity index (χ0) is 21.1. The minimum absolute atomic E-state index is 0.00925. The second-order valence-corrected chi connectivity index (χ2v) is 8.00. The molecule has 8 nitrogen and oxygen atoms in total. The van der Waals surface area contributed by atoms with Crippen LogP contribution in [0.5, 0.6) is 5.75 Å². The fraction of sp³-hybridized carbons (Fsp3) is 0.545. The molecule has 3 heterocycles. The highest BCUT2D eigenvalue weighted by atomic mass is 16.5. The lowest BCUT2D eigenvalue weighted by atomic mass is 9.96. The molecule has 0 radical (unpaired) electrons. The molecule has 2 aromatic rings. The van der Waals surface area contributed by atoms with Gasteiger partial charge in [-0.25, -0.2) is 0 Å². The molecule has 2 amide bonds. The predicted molar refractivity (Wildman–Crippen MR) is 109 cm³/mol. The Labute approximate surface area is 176 Å². The number of hydrogen-bond acceptors (Lipinski definition) is 6. The average molecular weight is 412 g/mol. The number of hydrogen-bond donors (Lipinski definition) is 1. The van der Waals surface area contributed by atoms with E-state index < -0.39 is 0 Å². The number of aryl methyl sites for hydroxylation is 3. The Morgan fingerprint density at radius 2 is 2.17 bits per heavy atom. The molecule has 0 bridgehead atoms. The van der Waals surface area contributed by atoms with Gasteiger partial charge in [0.15, 0.2) is 5.82 Å². The van der Waals surface area contributed by atoms with E-state index in [-0.39, 0.29) is 23.8 Å². The Morgan fingerprint density at radius 1 is 1.33 bits per heavy atom. The van der Waals surface area contributed by atoms with Crippen LogP contribution in [0.4, 0.5) is 0 Å². The molecule has 4 rings (SSSR count). The summed E-state index contributed by atoms with van der Waals surface area (Å²) in [6, 6.07) is 6.04. The van der Waals surface area contributed by atoms with Crippen LogP contribution < -0.4 is 10.1 Å². The van der Waals surface area contributed by atoms with E-state index in [1.807, 2.05) is 26.0 Å². The molecule has 1 aromatic carbocycles. The Balaban J connectivity index is 1.22. The third-order valence-corrected chi connectivity index (χ3v) is 5.78. The van der Waals surface area contributed by atoms with Gasteiger partial charge >= 0.3 is 0 Å². The fourth-order valence-electron chi connectivity index (χ4n) is 3.82. The van der Waals surface area contributed by atoms with Crippen molar-refractivity contribution in [3.8, 4) is 5.75 Å². The molecule has 160 valence electrons. The minimum Gasteiger partial charge on any atom is -0.493 e. The maximum Gasteiger partial charge on any atom is 0.227 e. The molecule has 1 unspecified atom stereocenters. The lowest BCUT2D eigenvalue weighted by Crippen LogP contribution is -2.56. The van der Waals surface area contributed by atoms with Gasteiger partial charge in [-0.3, -0.25) is 9.59 Å². The van der Waals surface area contributed by atoms with Gasteiger partial charge in [-0.15, -0.1) is 0 Å². The minimum atomic E-state index is -0.160. The van der Waals surface area contributed by atoms with E-state index >= 15 is 0 Å². The van der Waals surface area contributed by atoms with Gasteiger partial charge in [0.25, 0.3) is 0 Å². The van der Waals surface area contributed by atoms with Crippen LogP contribution in [0.2, 0.25) is 0 Å². The van der Waals surface area contributed by atoms with Crippen molar-refractivity contribution in [3.63, 3.8) is 0 Å². The smallest absolute Gasteiger partial charge is 0.227 e. The largest absolute Gasteiger partial charge is 0.493 e. The van der Waals surface area contributed by atoms with Gasteiger partial charge in [-0.05, 0) is 37.0 Å². The number of fused-ring (bicyclic) bond motifs is 1. The van der Waals surface area contributed by atoms with Crippen LogP contribution in [-0.2, 0) is 28.9 Å². The SMILES string of the molecule is CCc1noc(CCC(=O)N2CC(C(=O)NC(C)c3ccc4c(c3)CCCO4)C2)n1. The van der Waals surface area contributed by atoms with E-state index in [4.69, 9.17) is 9.26 Å². The van der Waals surface area contributed by atoms with E-state index in [1.165, 1.54) is 5.56 Å². The third-order valence-electron chi connectivity index (χ3n) is 5.78. The highest BCUT2D eigenvalue weighted by Gasteiger charge is 2.36. The third kappa shape index (κ3) is 4.47. The molecule has 0 aliphatic carbocycles. The van der Waals surface area contributed by atoms with Crippen molar-refractivity contribution >= 4 is 11.8 Å². The number of nitrogens with one attached hydrogen (secondary N) is 1. The second kappa shape index (κ2) is 8.85. The van der Waals surface area contributed by atoms with E-state index in [0.717, 1.165) is 30.8 Å². The summed E-state index contributed by atoms with van der Waals surface area (Å²) in [5.41, 5.74) is 2.28. The Bertz CT molecular complexity index is 920. The number of amides is 2. The summed E-state index contributed by atoms with van der Waals surface area (Å²) < 4.78 is 10.8. The van der Waals surface area contributed by atoms with Crippen molar-refractivity contribution in [2.24, 2.45) is 5.92 Å². The summed E-state index contributed by atoms with van der Waals surface area (Å²) in [5, 5.41) is 6.91. The topological polar surface area (TPSA) is 97.6 Å². The van der Waals surface area contributed by atoms with Crippen LogP contribution in [0.1, 0.15) is 55.6 Å². The molecule has 1 fully saturated rings. The van der Waals surface area contributed by atoms with E-state index in [2.05, 4.69) is 21.5 Å². The van der Waals surface area contributed by atoms with Crippen LogP contribution in [-0.4, -0.2) is 46.6 Å². The molecule has 1 saturated heterocycles. The first-order valence-electron chi connectivity index (χ1n) is 10.7. The lowest BCUT2D eigenvalue weighted by molar-refractivity contribution is -0.143. The van der Waals surface area contributed by atoms with Gasteiger partial charge in [0.1, 0.15) is 5.75 Å². The molecule has 2 aliphatic rings. The van der Waals surface area contributed by atoms with Crippen molar-refractivity contribution < 1.29 is 18.8 Å². The fourth-order valence-corrected chi connectivity index (χ4v) is 3.82. The molecule has 30 heavy (non-hydrogen) atoms. The van der Waals surface area contributed by atoms with Gasteiger partial charge in [-0.1, -0.05) is 24.2 Å². The number of carbonyl (C=O) groups excluding carboxylic acids is 2. The van der Waals surface area contributed by atoms with Gasteiger partial charge in [0.2, 0.25) is 17.7 Å². The monoisotopic (exact) mass is 412 g/mol. The van der Waals surface area contributed by atoms with Crippen LogP contribution in [0.25, 0.3) is 0 Å². The molecule has 1 atom stereocenters. The normalized spacial score (nSPS) is 16.9. The van der Waals surface area contributed by atoms with E-state index in [0.29, 0.717) is 44.1 Å². The zero-order valence-electron chi connectivity index (χ0n) is 17.5. The molecular weight excluding hydrogens is 384 g/mol. The second-order valence-electron chi connectivity index (χ2n) is 8.00. The number of likely N-dealkylation sites (tertiary alicyclic amines) is 1. The summed E-state index contributed by atoms with van der Waals surface area (Å²) in [5.74, 6) is 1.93. The maximum atomic E-state index is 12.6. The van der Waals surface area contributed by atoms with Crippen LogP contribution in [0, 0.1) is 5.92 Å². The number of benzene rings is 1. The Kier molecular flexibility index (Phi) is 6.01. The molecule has 1 aromatic heterocycles. The van der Waals surface area contributed by atoms with Gasteiger partial charge in [0, 0.05) is 32.4 Å². The number of carbonyl (C=O) groups is 2. The number of ether oxygens (including phenoxy) is 1. The quantitative estimate of drug-likeness (QED) is 0.749. The van der Waals surface area contributed by atoms with E-state index in [1.54, 1.807) is 4.90 Å². The van der Waals surface area contributed by atoms with Crippen LogP contribution in [0.3, 0.4) is 0 Å². The molecule has 8 heteroatoms. The van der Waals surface area contributed by atoms with Crippen LogP contribution in [0.15, 0.2) is 22.7 Å². The van der Waals surface area contributed by atoms with E-state index in [9.17, 15) is 9.59 Å². The first-order chi connectivity index (χ1) is 14.5. The van der Waals surface area contributed by atoms with Crippen molar-refractivity contribution in [1.82, 2.24) is 20.4 Å². The average Bonchev–Trinajstić information content (AvgIpc) is 3.19. The van der Waals surface area contributed by atoms with Gasteiger partial charge in [-0.2, -0.15) is 4.98 Å². The van der Waals surface area contributed by atoms with Crippen molar-refractivity contribution in [1.29, 1.82) is 0 Å². The molecule has 0 saturated carbocycles. The maximum absolute atomic E-state index is 12.6. The summed E-state index contributed by atoms with van der Waals surface area (Å²) in [6.07, 6.45) is 3.48. The number of nitrogens with zero attached hydrogens (tertiary/aromatic N) is 3. The summed E-state index contributed by atoms with van der Waals surface area (Å²) in [7, 11) is 0. The van der Waals surface area contributed by atoms with Crippen molar-refractivity contribution in [2.45, 2.75) is 52.0 Å². The molecular formula is C22H28N4O4. The Hall–Kier alpha value is -2.90. The highest BCUT2D eigenvalue weighted by Crippen LogP contribution is 2.28. The van der Waals surface area contributed by atoms with Gasteiger partial charge < -0.3 is 19.5 Å². The van der Waals surface area contributed by atoms with Crippen LogP contribution >= 0.6 is 0 Å². The predicted octanol–water partition coefficient (Wildman–Crippen LogP) is 2.23.